The Morgan fingerprint density at radius 1 is 1.12 bits per heavy atom. The first-order chi connectivity index (χ1) is 12.3. The summed E-state index contributed by atoms with van der Waals surface area (Å²) >= 11 is 0. The Labute approximate surface area is 156 Å². The fourth-order valence-electron chi connectivity index (χ4n) is 3.58. The third-order valence-corrected chi connectivity index (χ3v) is 7.46. The number of sulfonamides is 1. The van der Waals surface area contributed by atoms with Gasteiger partial charge in [0.25, 0.3) is 0 Å². The average Bonchev–Trinajstić information content (AvgIpc) is 3.09. The summed E-state index contributed by atoms with van der Waals surface area (Å²) in [7, 11) is -1.65. The maximum atomic E-state index is 12.9. The molecular weight excluding hydrogens is 350 g/mol. The van der Waals surface area contributed by atoms with Crippen molar-refractivity contribution in [3.05, 3.63) is 29.3 Å². The van der Waals surface area contributed by atoms with E-state index in [2.05, 4.69) is 0 Å². The number of rotatable bonds is 5. The monoisotopic (exact) mass is 379 g/mol. The highest BCUT2D eigenvalue weighted by Gasteiger charge is 2.30. The van der Waals surface area contributed by atoms with E-state index in [-0.39, 0.29) is 11.9 Å². The SMILES string of the molecule is CC(C)N(C)C(=O)CN1CCN(S(=O)(=O)c2ccc3c(c2)CCC3)CC1. The zero-order chi connectivity index (χ0) is 18.9. The van der Waals surface area contributed by atoms with E-state index < -0.39 is 10.0 Å². The van der Waals surface area contributed by atoms with Gasteiger partial charge in [-0.05, 0) is 56.4 Å². The molecule has 0 saturated carbocycles. The highest BCUT2D eigenvalue weighted by molar-refractivity contribution is 7.89. The number of hydrogen-bond donors (Lipinski definition) is 0. The van der Waals surface area contributed by atoms with Crippen LogP contribution in [0.2, 0.25) is 0 Å². The van der Waals surface area contributed by atoms with E-state index in [0.717, 1.165) is 19.3 Å². The number of carbonyl (C=O) groups is 1. The summed E-state index contributed by atoms with van der Waals surface area (Å²) < 4.78 is 27.4. The molecule has 0 atom stereocenters. The van der Waals surface area contributed by atoms with Crippen LogP contribution in [0.15, 0.2) is 23.1 Å². The minimum absolute atomic E-state index is 0.0786. The van der Waals surface area contributed by atoms with Gasteiger partial charge in [-0.15, -0.1) is 0 Å². The van der Waals surface area contributed by atoms with Gasteiger partial charge in [-0.25, -0.2) is 8.42 Å². The van der Waals surface area contributed by atoms with Crippen molar-refractivity contribution in [1.82, 2.24) is 14.1 Å². The molecule has 26 heavy (non-hydrogen) atoms. The highest BCUT2D eigenvalue weighted by atomic mass is 32.2. The summed E-state index contributed by atoms with van der Waals surface area (Å²) in [5, 5.41) is 0. The molecule has 1 heterocycles. The predicted octanol–water partition coefficient (Wildman–Crippen LogP) is 1.35. The molecule has 3 rings (SSSR count). The number of hydrogen-bond acceptors (Lipinski definition) is 4. The molecule has 1 aromatic carbocycles. The molecule has 1 aliphatic heterocycles. The molecule has 0 bridgehead atoms. The zero-order valence-corrected chi connectivity index (χ0v) is 16.8. The Morgan fingerprint density at radius 2 is 1.77 bits per heavy atom. The van der Waals surface area contributed by atoms with Crippen LogP contribution in [-0.4, -0.2) is 74.2 Å². The lowest BCUT2D eigenvalue weighted by molar-refractivity contribution is -0.132. The van der Waals surface area contributed by atoms with Gasteiger partial charge in [-0.2, -0.15) is 4.31 Å². The molecule has 0 spiro atoms. The molecule has 6 nitrogen and oxygen atoms in total. The van der Waals surface area contributed by atoms with Crippen molar-refractivity contribution in [2.75, 3.05) is 39.8 Å². The van der Waals surface area contributed by atoms with Gasteiger partial charge < -0.3 is 4.90 Å². The second-order valence-corrected chi connectivity index (χ2v) is 9.50. The van der Waals surface area contributed by atoms with Crippen molar-refractivity contribution in [2.45, 2.75) is 44.0 Å². The summed E-state index contributed by atoms with van der Waals surface area (Å²) in [6.45, 7) is 6.35. The Kier molecular flexibility index (Phi) is 5.69. The number of likely N-dealkylation sites (N-methyl/N-ethyl adjacent to an activating group) is 1. The van der Waals surface area contributed by atoms with Crippen LogP contribution < -0.4 is 0 Å². The Hall–Kier alpha value is -1.44. The third-order valence-electron chi connectivity index (χ3n) is 5.57. The summed E-state index contributed by atoms with van der Waals surface area (Å²) in [6.07, 6.45) is 3.13. The fraction of sp³-hybridized carbons (Fsp3) is 0.632. The fourth-order valence-corrected chi connectivity index (χ4v) is 5.05. The van der Waals surface area contributed by atoms with E-state index in [1.165, 1.54) is 11.1 Å². The smallest absolute Gasteiger partial charge is 0.243 e. The van der Waals surface area contributed by atoms with Gasteiger partial charge in [-0.1, -0.05) is 6.07 Å². The van der Waals surface area contributed by atoms with Gasteiger partial charge in [0.05, 0.1) is 11.4 Å². The van der Waals surface area contributed by atoms with E-state index in [1.807, 2.05) is 37.9 Å². The first-order valence-corrected chi connectivity index (χ1v) is 10.8. The van der Waals surface area contributed by atoms with Crippen LogP contribution in [-0.2, 0) is 27.7 Å². The van der Waals surface area contributed by atoms with Gasteiger partial charge in [0, 0.05) is 39.3 Å². The van der Waals surface area contributed by atoms with E-state index in [9.17, 15) is 13.2 Å². The van der Waals surface area contributed by atoms with Crippen LogP contribution in [0.4, 0.5) is 0 Å². The van der Waals surface area contributed by atoms with Gasteiger partial charge >= 0.3 is 0 Å². The van der Waals surface area contributed by atoms with Gasteiger partial charge in [-0.3, -0.25) is 9.69 Å². The quantitative estimate of drug-likeness (QED) is 0.775. The standard InChI is InChI=1S/C19H29N3O3S/c1-15(2)20(3)19(23)14-21-9-11-22(12-10-21)26(24,25)18-8-7-16-5-4-6-17(16)13-18/h7-8,13,15H,4-6,9-12,14H2,1-3H3. The number of benzene rings is 1. The van der Waals surface area contributed by atoms with Gasteiger partial charge in [0.2, 0.25) is 15.9 Å². The summed E-state index contributed by atoms with van der Waals surface area (Å²) in [5.74, 6) is 0.0786. The van der Waals surface area contributed by atoms with Crippen molar-refractivity contribution in [1.29, 1.82) is 0 Å². The van der Waals surface area contributed by atoms with Crippen LogP contribution in [0.3, 0.4) is 0 Å². The molecule has 0 N–H and O–H groups in total. The summed E-state index contributed by atoms with van der Waals surface area (Å²) in [5.41, 5.74) is 2.45. The van der Waals surface area contributed by atoms with Crippen LogP contribution >= 0.6 is 0 Å². The van der Waals surface area contributed by atoms with E-state index >= 15 is 0 Å². The molecule has 1 amide bonds. The molecule has 1 aliphatic carbocycles. The molecule has 0 unspecified atom stereocenters. The van der Waals surface area contributed by atoms with Crippen molar-refractivity contribution in [3.8, 4) is 0 Å². The molecule has 2 aliphatic rings. The number of fused-ring (bicyclic) bond motifs is 1. The number of amides is 1. The minimum atomic E-state index is -3.45. The lowest BCUT2D eigenvalue weighted by atomic mass is 10.1. The number of carbonyl (C=O) groups excluding carboxylic acids is 1. The summed E-state index contributed by atoms with van der Waals surface area (Å²) in [4.78, 5) is 16.4. The van der Waals surface area contributed by atoms with Gasteiger partial charge in [0.15, 0.2) is 0 Å². The Balaban J connectivity index is 1.61. The normalized spacial score (nSPS) is 18.9. The molecule has 144 valence electrons. The number of nitrogens with zero attached hydrogens (tertiary/aromatic N) is 3. The first kappa shape index (κ1) is 19.3. The Bertz CT molecular complexity index is 768. The predicted molar refractivity (Wildman–Crippen MR) is 102 cm³/mol. The molecule has 0 radical (unpaired) electrons. The second-order valence-electron chi connectivity index (χ2n) is 7.56. The van der Waals surface area contributed by atoms with Crippen molar-refractivity contribution < 1.29 is 13.2 Å². The maximum Gasteiger partial charge on any atom is 0.243 e. The number of aryl methyl sites for hydroxylation is 2. The maximum absolute atomic E-state index is 12.9. The number of piperazine rings is 1. The molecule has 0 aromatic heterocycles. The van der Waals surface area contributed by atoms with Crippen LogP contribution in [0.1, 0.15) is 31.4 Å². The van der Waals surface area contributed by atoms with E-state index in [1.54, 1.807) is 15.3 Å². The van der Waals surface area contributed by atoms with E-state index in [4.69, 9.17) is 0 Å². The largest absolute Gasteiger partial charge is 0.342 e. The van der Waals surface area contributed by atoms with Crippen LogP contribution in [0, 0.1) is 0 Å². The molecular formula is C19H29N3O3S. The second kappa shape index (κ2) is 7.66. The zero-order valence-electron chi connectivity index (χ0n) is 15.9. The molecule has 1 aromatic rings. The minimum Gasteiger partial charge on any atom is -0.342 e. The summed E-state index contributed by atoms with van der Waals surface area (Å²) in [6, 6.07) is 5.73. The van der Waals surface area contributed by atoms with Crippen molar-refractivity contribution in [3.63, 3.8) is 0 Å². The third kappa shape index (κ3) is 3.94. The van der Waals surface area contributed by atoms with Crippen LogP contribution in [0.25, 0.3) is 0 Å². The van der Waals surface area contributed by atoms with E-state index in [0.29, 0.717) is 37.6 Å². The molecule has 1 saturated heterocycles. The lowest BCUT2D eigenvalue weighted by Crippen LogP contribution is -2.51. The topological polar surface area (TPSA) is 60.9 Å². The first-order valence-electron chi connectivity index (χ1n) is 9.39. The van der Waals surface area contributed by atoms with Crippen molar-refractivity contribution >= 4 is 15.9 Å². The average molecular weight is 380 g/mol. The van der Waals surface area contributed by atoms with Crippen molar-refractivity contribution in [2.24, 2.45) is 0 Å². The Morgan fingerprint density at radius 3 is 2.42 bits per heavy atom. The highest BCUT2D eigenvalue weighted by Crippen LogP contribution is 2.26. The van der Waals surface area contributed by atoms with Gasteiger partial charge in [0.1, 0.15) is 0 Å². The molecule has 1 fully saturated rings. The van der Waals surface area contributed by atoms with Crippen LogP contribution in [0.5, 0.6) is 0 Å². The molecule has 7 heteroatoms. The lowest BCUT2D eigenvalue weighted by Gasteiger charge is -2.34.